The molecule has 0 aliphatic heterocycles. The zero-order chi connectivity index (χ0) is 20.1. The summed E-state index contributed by atoms with van der Waals surface area (Å²) in [5, 5.41) is 0. The first-order valence-electron chi connectivity index (χ1n) is 9.53. The van der Waals surface area contributed by atoms with E-state index < -0.39 is 36.8 Å². The molecule has 0 nitrogen and oxygen atoms in total. The van der Waals surface area contributed by atoms with Crippen LogP contribution in [-0.4, -0.2) is 36.8 Å². The molecule has 0 N–H and O–H groups in total. The van der Waals surface area contributed by atoms with E-state index in [-0.39, 0.29) is 0 Å². The van der Waals surface area contributed by atoms with Crippen molar-refractivity contribution in [2.45, 2.75) is 29.6 Å². The summed E-state index contributed by atoms with van der Waals surface area (Å²) in [5.41, 5.74) is 0. The van der Waals surface area contributed by atoms with Gasteiger partial charge in [0.1, 0.15) is 0 Å². The summed E-state index contributed by atoms with van der Waals surface area (Å²) in [6, 6.07) is 18.7. The first-order valence-corrected chi connectivity index (χ1v) is 32.8. The normalized spacial score (nSPS) is 12.6. The Kier molecular flexibility index (Phi) is 6.29. The van der Waals surface area contributed by atoms with Crippen LogP contribution in [0.4, 0.5) is 0 Å². The molecule has 4 rings (SSSR count). The van der Waals surface area contributed by atoms with Crippen molar-refractivity contribution in [3.63, 3.8) is 0 Å². The van der Waals surface area contributed by atoms with Crippen LogP contribution in [0.1, 0.15) is 0 Å². The van der Waals surface area contributed by atoms with Gasteiger partial charge in [-0.05, 0) is 0 Å². The zero-order valence-electron chi connectivity index (χ0n) is 17.3. The van der Waals surface area contributed by atoms with Gasteiger partial charge in [-0.15, -0.1) is 0 Å². The van der Waals surface area contributed by atoms with Gasteiger partial charge in [0.2, 0.25) is 0 Å². The molecule has 0 spiro atoms. The van der Waals surface area contributed by atoms with Crippen molar-refractivity contribution in [2.24, 2.45) is 0 Å². The summed E-state index contributed by atoms with van der Waals surface area (Å²) in [6.07, 6.45) is 0. The average molecular weight is 656 g/mol. The molecule has 4 heterocycles. The molecular formula is C22H26S4Sn2. The first kappa shape index (κ1) is 21.6. The Labute approximate surface area is 193 Å². The van der Waals surface area contributed by atoms with E-state index in [4.69, 9.17) is 0 Å². The second-order valence-corrected chi connectivity index (χ2v) is 44.3. The van der Waals surface area contributed by atoms with Crippen molar-refractivity contribution in [3.8, 4) is 29.3 Å². The fourth-order valence-electron chi connectivity index (χ4n) is 2.95. The third-order valence-electron chi connectivity index (χ3n) is 4.63. The molecule has 28 heavy (non-hydrogen) atoms. The van der Waals surface area contributed by atoms with E-state index >= 15 is 0 Å². The van der Waals surface area contributed by atoms with Gasteiger partial charge in [-0.25, -0.2) is 0 Å². The Hall–Kier alpha value is 0.397. The minimum absolute atomic E-state index is 1.40. The van der Waals surface area contributed by atoms with Gasteiger partial charge in [-0.1, -0.05) is 0 Å². The summed E-state index contributed by atoms with van der Waals surface area (Å²) in [5.74, 6) is 0. The number of hydrogen-bond acceptors (Lipinski definition) is 4. The van der Waals surface area contributed by atoms with Gasteiger partial charge in [-0.2, -0.15) is 0 Å². The third-order valence-corrected chi connectivity index (χ3v) is 28.5. The van der Waals surface area contributed by atoms with Gasteiger partial charge >= 0.3 is 195 Å². The molecule has 0 aromatic carbocycles. The Morgan fingerprint density at radius 3 is 0.893 bits per heavy atom. The Morgan fingerprint density at radius 2 is 0.643 bits per heavy atom. The molecule has 0 saturated carbocycles. The number of hydrogen-bond donors (Lipinski definition) is 0. The topological polar surface area (TPSA) is 0 Å². The Morgan fingerprint density at radius 1 is 0.393 bits per heavy atom. The predicted molar refractivity (Wildman–Crippen MR) is 140 cm³/mol. The number of rotatable bonds is 5. The van der Waals surface area contributed by atoms with Crippen molar-refractivity contribution in [1.82, 2.24) is 0 Å². The van der Waals surface area contributed by atoms with Crippen LogP contribution in [0.5, 0.6) is 0 Å². The van der Waals surface area contributed by atoms with Crippen LogP contribution in [0.25, 0.3) is 29.3 Å². The molecule has 4 aromatic rings. The molecule has 0 bridgehead atoms. The van der Waals surface area contributed by atoms with Gasteiger partial charge in [0.05, 0.1) is 0 Å². The van der Waals surface area contributed by atoms with Crippen LogP contribution in [-0.2, 0) is 0 Å². The second-order valence-electron chi connectivity index (χ2n) is 9.16. The molecule has 4 aromatic heterocycles. The van der Waals surface area contributed by atoms with Gasteiger partial charge in [-0.3, -0.25) is 0 Å². The standard InChI is InChI=1S/C16H8S4.6CH3.2Sn/c1-3-11(17-9-1)13-5-7-15(19-13)16-8-6-14(20-16)12-4-2-10-18-12;;;;;;;;/h1-8H;6*1H3;;. The van der Waals surface area contributed by atoms with Crippen molar-refractivity contribution in [2.75, 3.05) is 0 Å². The van der Waals surface area contributed by atoms with Crippen LogP contribution in [0, 0.1) is 0 Å². The van der Waals surface area contributed by atoms with Gasteiger partial charge < -0.3 is 0 Å². The third kappa shape index (κ3) is 4.67. The van der Waals surface area contributed by atoms with Crippen molar-refractivity contribution >= 4 is 87.9 Å². The molecule has 0 aliphatic carbocycles. The second kappa shape index (κ2) is 8.15. The van der Waals surface area contributed by atoms with E-state index in [1.165, 1.54) is 29.3 Å². The van der Waals surface area contributed by atoms with E-state index in [0.717, 1.165) is 0 Å². The fourth-order valence-corrected chi connectivity index (χ4v) is 17.8. The Bertz CT molecular complexity index is 1010. The first-order chi connectivity index (χ1) is 13.1. The summed E-state index contributed by atoms with van der Waals surface area (Å²) in [6.45, 7) is 0. The van der Waals surface area contributed by atoms with Crippen LogP contribution in [0.15, 0.2) is 48.5 Å². The molecular weight excluding hydrogens is 630 g/mol. The SMILES string of the molecule is [CH3][Sn]([CH3])([CH3])[c]1ccc(-c2ccc(-c3ccc(-c4cc[c]([Sn]([CH3])([CH3])[CH3])s4)s3)s2)s1. The van der Waals surface area contributed by atoms with Gasteiger partial charge in [0.25, 0.3) is 0 Å². The quantitative estimate of drug-likeness (QED) is 0.191. The maximum absolute atomic E-state index is 2.50. The summed E-state index contributed by atoms with van der Waals surface area (Å²) < 4.78 is 3.32. The van der Waals surface area contributed by atoms with Crippen LogP contribution >= 0.6 is 45.3 Å². The molecule has 6 heteroatoms. The van der Waals surface area contributed by atoms with E-state index in [1.54, 1.807) is 5.79 Å². The maximum atomic E-state index is 2.50. The molecule has 0 atom stereocenters. The molecule has 0 unspecified atom stereocenters. The zero-order valence-corrected chi connectivity index (χ0v) is 26.2. The van der Waals surface area contributed by atoms with E-state index in [0.29, 0.717) is 0 Å². The van der Waals surface area contributed by atoms with Crippen LogP contribution in [0.2, 0.25) is 29.6 Å². The monoisotopic (exact) mass is 658 g/mol. The van der Waals surface area contributed by atoms with Crippen molar-refractivity contribution in [1.29, 1.82) is 0 Å². The van der Waals surface area contributed by atoms with Gasteiger partial charge in [0.15, 0.2) is 0 Å². The van der Waals surface area contributed by atoms with Gasteiger partial charge in [0, 0.05) is 0 Å². The van der Waals surface area contributed by atoms with E-state index in [2.05, 4.69) is 78.2 Å². The minimum atomic E-state index is -1.96. The molecule has 0 fully saturated rings. The summed E-state index contributed by atoms with van der Waals surface area (Å²) in [4.78, 5) is 23.5. The van der Waals surface area contributed by atoms with E-state index in [1.807, 2.05) is 45.3 Å². The van der Waals surface area contributed by atoms with Crippen LogP contribution in [0.3, 0.4) is 0 Å². The average Bonchev–Trinajstić information content (AvgIpc) is 3.38. The molecule has 146 valence electrons. The predicted octanol–water partition coefficient (Wildman–Crippen LogP) is 8.02. The summed E-state index contributed by atoms with van der Waals surface area (Å²) >= 11 is 4.01. The van der Waals surface area contributed by atoms with Crippen molar-refractivity contribution in [3.05, 3.63) is 48.5 Å². The summed E-state index contributed by atoms with van der Waals surface area (Å²) in [7, 11) is 0. The Balaban J connectivity index is 1.58. The van der Waals surface area contributed by atoms with Crippen LogP contribution < -0.4 is 5.79 Å². The molecule has 0 aliphatic rings. The van der Waals surface area contributed by atoms with E-state index in [9.17, 15) is 0 Å². The number of thiophene rings is 4. The fraction of sp³-hybridized carbons (Fsp3) is 0.273. The molecule has 0 amide bonds. The molecule has 0 saturated heterocycles. The molecule has 0 radical (unpaired) electrons. The van der Waals surface area contributed by atoms with Crippen molar-refractivity contribution < 1.29 is 0 Å².